The molecule has 0 saturated carbocycles. The molecule has 0 radical (unpaired) electrons. The van der Waals surface area contributed by atoms with E-state index in [0.29, 0.717) is 5.69 Å². The van der Waals surface area contributed by atoms with Gasteiger partial charge in [-0.25, -0.2) is 4.98 Å². The summed E-state index contributed by atoms with van der Waals surface area (Å²) in [4.78, 5) is 16.2. The van der Waals surface area contributed by atoms with Crippen LogP contribution in [0.15, 0.2) is 24.3 Å². The fraction of sp³-hybridized carbons (Fsp3) is 0.231. The van der Waals surface area contributed by atoms with E-state index in [1.54, 1.807) is 7.11 Å². The van der Waals surface area contributed by atoms with Crippen molar-refractivity contribution in [3.63, 3.8) is 0 Å². The Bertz CT molecular complexity index is 581. The Hall–Kier alpha value is -1.42. The average Bonchev–Trinajstić information content (AvgIpc) is 2.37. The molecule has 0 N–H and O–H groups in total. The molecule has 0 bridgehead atoms. The number of hydrogen-bond acceptors (Lipinski definition) is 3. The Balaban J connectivity index is 2.80. The van der Waals surface area contributed by atoms with E-state index in [4.69, 9.17) is 4.74 Å². The second-order valence-corrected chi connectivity index (χ2v) is 4.25. The largest absolute Gasteiger partial charge is 0.496 e. The maximum absolute atomic E-state index is 11.8. The van der Waals surface area contributed by atoms with Crippen molar-refractivity contribution in [2.75, 3.05) is 12.4 Å². The Labute approximate surface area is 108 Å². The number of rotatable bonds is 3. The molecule has 0 spiro atoms. The lowest BCUT2D eigenvalue weighted by Crippen LogP contribution is -2.08. The number of fused-ring (bicyclic) bond motifs is 1. The van der Waals surface area contributed by atoms with E-state index in [1.807, 2.05) is 31.2 Å². The van der Waals surface area contributed by atoms with Gasteiger partial charge in [0.2, 0.25) is 0 Å². The van der Waals surface area contributed by atoms with Crippen molar-refractivity contribution < 1.29 is 9.53 Å². The second kappa shape index (κ2) is 4.84. The quantitative estimate of drug-likeness (QED) is 0.645. The molecular weight excluding hydrogens is 282 g/mol. The zero-order valence-corrected chi connectivity index (χ0v) is 11.2. The molecule has 0 aliphatic carbocycles. The standard InChI is InChI=1S/C13H12BrNO2/c1-8-12(11(16)7-14)15-10-6-4-3-5-9(10)13(8)17-2/h3-6H,7H2,1-2H3. The average molecular weight is 294 g/mol. The summed E-state index contributed by atoms with van der Waals surface area (Å²) in [6, 6.07) is 7.64. The lowest BCUT2D eigenvalue weighted by molar-refractivity contribution is 0.101. The van der Waals surface area contributed by atoms with Crippen LogP contribution in [0.3, 0.4) is 0 Å². The normalized spacial score (nSPS) is 10.5. The van der Waals surface area contributed by atoms with Gasteiger partial charge >= 0.3 is 0 Å². The SMILES string of the molecule is COc1c(C)c(C(=O)CBr)nc2ccccc12. The number of carbonyl (C=O) groups excluding carboxylic acids is 1. The Morgan fingerprint density at radius 2 is 2.12 bits per heavy atom. The van der Waals surface area contributed by atoms with Crippen LogP contribution in [0.5, 0.6) is 5.75 Å². The van der Waals surface area contributed by atoms with Crippen LogP contribution < -0.4 is 4.74 Å². The summed E-state index contributed by atoms with van der Waals surface area (Å²) in [6.07, 6.45) is 0. The predicted molar refractivity (Wildman–Crippen MR) is 71.2 cm³/mol. The van der Waals surface area contributed by atoms with Crippen LogP contribution in [-0.2, 0) is 0 Å². The third-order valence-electron chi connectivity index (χ3n) is 2.67. The van der Waals surface area contributed by atoms with Crippen LogP contribution in [0.2, 0.25) is 0 Å². The van der Waals surface area contributed by atoms with Crippen LogP contribution in [-0.4, -0.2) is 23.2 Å². The van der Waals surface area contributed by atoms with Crippen LogP contribution in [0, 0.1) is 6.92 Å². The minimum absolute atomic E-state index is 0.0356. The number of Topliss-reactive ketones (excluding diaryl/α,β-unsaturated/α-hetero) is 1. The van der Waals surface area contributed by atoms with Gasteiger partial charge in [-0.2, -0.15) is 0 Å². The lowest BCUT2D eigenvalue weighted by Gasteiger charge is -2.11. The molecule has 2 rings (SSSR count). The molecular formula is C13H12BrNO2. The van der Waals surface area contributed by atoms with Gasteiger partial charge in [0, 0.05) is 10.9 Å². The van der Waals surface area contributed by atoms with Gasteiger partial charge in [-0.1, -0.05) is 28.1 Å². The summed E-state index contributed by atoms with van der Waals surface area (Å²) in [6.45, 7) is 1.86. The molecule has 4 heteroatoms. The van der Waals surface area contributed by atoms with E-state index >= 15 is 0 Å². The molecule has 17 heavy (non-hydrogen) atoms. The van der Waals surface area contributed by atoms with Crippen LogP contribution in [0.25, 0.3) is 10.9 Å². The first-order valence-electron chi connectivity index (χ1n) is 5.21. The zero-order chi connectivity index (χ0) is 12.4. The van der Waals surface area contributed by atoms with Gasteiger partial charge in [0.15, 0.2) is 5.78 Å². The number of alkyl halides is 1. The van der Waals surface area contributed by atoms with Crippen molar-refractivity contribution in [1.29, 1.82) is 0 Å². The number of methoxy groups -OCH3 is 1. The number of benzene rings is 1. The highest BCUT2D eigenvalue weighted by atomic mass is 79.9. The van der Waals surface area contributed by atoms with E-state index in [0.717, 1.165) is 22.2 Å². The van der Waals surface area contributed by atoms with E-state index in [2.05, 4.69) is 20.9 Å². The highest BCUT2D eigenvalue weighted by Crippen LogP contribution is 2.30. The highest BCUT2D eigenvalue weighted by Gasteiger charge is 2.16. The molecule has 3 nitrogen and oxygen atoms in total. The fourth-order valence-electron chi connectivity index (χ4n) is 1.87. The van der Waals surface area contributed by atoms with E-state index in [9.17, 15) is 4.79 Å². The maximum Gasteiger partial charge on any atom is 0.192 e. The number of nitrogens with zero attached hydrogens (tertiary/aromatic N) is 1. The zero-order valence-electron chi connectivity index (χ0n) is 9.66. The smallest absolute Gasteiger partial charge is 0.192 e. The minimum atomic E-state index is -0.0356. The first-order valence-corrected chi connectivity index (χ1v) is 6.33. The number of pyridine rings is 1. The molecule has 0 aliphatic rings. The predicted octanol–water partition coefficient (Wildman–Crippen LogP) is 3.13. The monoisotopic (exact) mass is 293 g/mol. The van der Waals surface area contributed by atoms with Crippen LogP contribution >= 0.6 is 15.9 Å². The van der Waals surface area contributed by atoms with E-state index in [-0.39, 0.29) is 11.1 Å². The summed E-state index contributed by atoms with van der Waals surface area (Å²) in [5, 5.41) is 1.20. The molecule has 1 aromatic heterocycles. The van der Waals surface area contributed by atoms with Gasteiger partial charge in [0.1, 0.15) is 11.4 Å². The summed E-state index contributed by atoms with van der Waals surface area (Å²) >= 11 is 3.17. The van der Waals surface area contributed by atoms with Gasteiger partial charge in [0.05, 0.1) is 18.0 Å². The number of hydrogen-bond donors (Lipinski definition) is 0. The van der Waals surface area contributed by atoms with E-state index < -0.39 is 0 Å². The number of halogens is 1. The van der Waals surface area contributed by atoms with Crippen molar-refractivity contribution in [1.82, 2.24) is 4.98 Å². The van der Waals surface area contributed by atoms with E-state index in [1.165, 1.54) is 0 Å². The lowest BCUT2D eigenvalue weighted by atomic mass is 10.1. The fourth-order valence-corrected chi connectivity index (χ4v) is 2.14. The second-order valence-electron chi connectivity index (χ2n) is 3.69. The number of ketones is 1. The number of carbonyl (C=O) groups is 1. The molecule has 0 amide bonds. The number of aromatic nitrogens is 1. The summed E-state index contributed by atoms with van der Waals surface area (Å²) in [5.74, 6) is 0.687. The van der Waals surface area contributed by atoms with Gasteiger partial charge < -0.3 is 4.74 Å². The van der Waals surface area contributed by atoms with Gasteiger partial charge in [-0.15, -0.1) is 0 Å². The Morgan fingerprint density at radius 1 is 1.41 bits per heavy atom. The Morgan fingerprint density at radius 3 is 2.76 bits per heavy atom. The van der Waals surface area contributed by atoms with Crippen LogP contribution in [0.4, 0.5) is 0 Å². The molecule has 88 valence electrons. The third-order valence-corrected chi connectivity index (χ3v) is 3.18. The van der Waals surface area contributed by atoms with Crippen molar-refractivity contribution in [3.05, 3.63) is 35.5 Å². The van der Waals surface area contributed by atoms with Gasteiger partial charge in [-0.05, 0) is 19.1 Å². The van der Waals surface area contributed by atoms with Gasteiger partial charge in [0.25, 0.3) is 0 Å². The molecule has 0 aliphatic heterocycles. The molecule has 2 aromatic rings. The minimum Gasteiger partial charge on any atom is -0.496 e. The maximum atomic E-state index is 11.8. The number of ether oxygens (including phenoxy) is 1. The summed E-state index contributed by atoms with van der Waals surface area (Å²) in [5.41, 5.74) is 2.03. The molecule has 0 atom stereocenters. The van der Waals surface area contributed by atoms with Crippen molar-refractivity contribution in [3.8, 4) is 5.75 Å². The Kier molecular flexibility index (Phi) is 3.43. The summed E-state index contributed by atoms with van der Waals surface area (Å²) in [7, 11) is 1.61. The molecule has 1 heterocycles. The molecule has 0 unspecified atom stereocenters. The third kappa shape index (κ3) is 2.05. The highest BCUT2D eigenvalue weighted by molar-refractivity contribution is 9.09. The number of para-hydroxylation sites is 1. The first kappa shape index (κ1) is 12.0. The summed E-state index contributed by atoms with van der Waals surface area (Å²) < 4.78 is 5.39. The topological polar surface area (TPSA) is 39.2 Å². The first-order chi connectivity index (χ1) is 8.19. The van der Waals surface area contributed by atoms with Crippen LogP contribution in [0.1, 0.15) is 16.1 Å². The van der Waals surface area contributed by atoms with Crippen molar-refractivity contribution >= 4 is 32.6 Å². The van der Waals surface area contributed by atoms with Gasteiger partial charge in [-0.3, -0.25) is 4.79 Å². The molecule has 0 saturated heterocycles. The molecule has 0 fully saturated rings. The van der Waals surface area contributed by atoms with Crippen molar-refractivity contribution in [2.45, 2.75) is 6.92 Å². The van der Waals surface area contributed by atoms with Crippen molar-refractivity contribution in [2.24, 2.45) is 0 Å². The molecule has 1 aromatic carbocycles.